The van der Waals surface area contributed by atoms with E-state index in [-0.39, 0.29) is 0 Å². The van der Waals surface area contributed by atoms with Gasteiger partial charge in [0.1, 0.15) is 0 Å². The Morgan fingerprint density at radius 3 is 1.92 bits per heavy atom. The van der Waals surface area contributed by atoms with Gasteiger partial charge in [-0.25, -0.2) is 4.79 Å². The first-order valence-corrected chi connectivity index (χ1v) is 4.01. The Kier molecular flexibility index (Phi) is 2.36. The molecule has 72 valence electrons. The molecule has 0 bridgehead atoms. The fraction of sp³-hybridized carbons (Fsp3) is 0.625. The summed E-state index contributed by atoms with van der Waals surface area (Å²) in [6, 6.07) is 0. The third-order valence-corrected chi connectivity index (χ3v) is 2.15. The smallest absolute Gasteiger partial charge is 0.330 e. The zero-order valence-electron chi connectivity index (χ0n) is 7.73. The van der Waals surface area contributed by atoms with E-state index >= 15 is 0 Å². The van der Waals surface area contributed by atoms with Crippen LogP contribution in [0, 0.1) is 11.8 Å². The van der Waals surface area contributed by atoms with Crippen LogP contribution in [0.25, 0.3) is 0 Å². The summed E-state index contributed by atoms with van der Waals surface area (Å²) >= 11 is 0. The van der Waals surface area contributed by atoms with Crippen molar-refractivity contribution in [3.8, 4) is 0 Å². The van der Waals surface area contributed by atoms with Crippen LogP contribution in [0.1, 0.15) is 20.8 Å². The molecule has 1 fully saturated rings. The molecule has 0 aromatic carbocycles. The molecule has 0 saturated carbocycles. The van der Waals surface area contributed by atoms with Gasteiger partial charge in [-0.05, 0) is 0 Å². The van der Waals surface area contributed by atoms with Crippen LogP contribution in [0.3, 0.4) is 0 Å². The number of carbonyl (C=O) groups excluding carboxylic acids is 3. The Labute approximate surface area is 75.6 Å². The molecule has 5 heteroatoms. The molecule has 2 atom stereocenters. The summed E-state index contributed by atoms with van der Waals surface area (Å²) in [5.74, 6) is -2.39. The number of hydroxylamine groups is 2. The van der Waals surface area contributed by atoms with Gasteiger partial charge in [0.2, 0.25) is 0 Å². The highest BCUT2D eigenvalue weighted by atomic mass is 16.7. The first-order chi connectivity index (χ1) is 5.95. The summed E-state index contributed by atoms with van der Waals surface area (Å²) < 4.78 is 0. The molecule has 1 saturated heterocycles. The summed E-state index contributed by atoms with van der Waals surface area (Å²) in [6.07, 6.45) is 0. The normalized spacial score (nSPS) is 28.1. The van der Waals surface area contributed by atoms with E-state index < -0.39 is 29.6 Å². The number of amides is 2. The fourth-order valence-electron chi connectivity index (χ4n) is 1.12. The van der Waals surface area contributed by atoms with Crippen LogP contribution in [0.4, 0.5) is 0 Å². The number of imide groups is 1. The third-order valence-electron chi connectivity index (χ3n) is 2.15. The summed E-state index contributed by atoms with van der Waals surface area (Å²) in [6.45, 7) is 4.41. The summed E-state index contributed by atoms with van der Waals surface area (Å²) in [7, 11) is 0. The summed E-state index contributed by atoms with van der Waals surface area (Å²) in [5.41, 5.74) is 0. The van der Waals surface area contributed by atoms with Gasteiger partial charge in [-0.1, -0.05) is 13.8 Å². The molecule has 0 aromatic heterocycles. The molecular formula is C8H11NO4. The molecule has 0 spiro atoms. The van der Waals surface area contributed by atoms with Crippen molar-refractivity contribution in [1.29, 1.82) is 0 Å². The van der Waals surface area contributed by atoms with E-state index in [1.165, 1.54) is 0 Å². The minimum absolute atomic E-state index is 0.410. The minimum Gasteiger partial charge on any atom is -0.331 e. The first kappa shape index (κ1) is 9.70. The Bertz CT molecular complexity index is 253. The van der Waals surface area contributed by atoms with Gasteiger partial charge in [-0.15, -0.1) is 5.06 Å². The van der Waals surface area contributed by atoms with Gasteiger partial charge in [0, 0.05) is 6.92 Å². The van der Waals surface area contributed by atoms with Crippen molar-refractivity contribution in [1.82, 2.24) is 5.06 Å². The zero-order valence-corrected chi connectivity index (χ0v) is 7.73. The van der Waals surface area contributed by atoms with E-state index in [9.17, 15) is 14.4 Å². The van der Waals surface area contributed by atoms with E-state index in [4.69, 9.17) is 0 Å². The number of rotatable bonds is 1. The lowest BCUT2D eigenvalue weighted by Crippen LogP contribution is -2.32. The fourth-order valence-corrected chi connectivity index (χ4v) is 1.12. The second-order valence-corrected chi connectivity index (χ2v) is 3.13. The van der Waals surface area contributed by atoms with Crippen LogP contribution in [0.2, 0.25) is 0 Å². The van der Waals surface area contributed by atoms with Crippen LogP contribution in [-0.2, 0) is 19.2 Å². The van der Waals surface area contributed by atoms with Crippen molar-refractivity contribution >= 4 is 17.8 Å². The third kappa shape index (κ3) is 1.54. The molecular weight excluding hydrogens is 174 g/mol. The first-order valence-electron chi connectivity index (χ1n) is 4.01. The number of nitrogens with zero attached hydrogens (tertiary/aromatic N) is 1. The van der Waals surface area contributed by atoms with Crippen LogP contribution in [0.15, 0.2) is 0 Å². The molecule has 0 radical (unpaired) electrons. The molecule has 13 heavy (non-hydrogen) atoms. The van der Waals surface area contributed by atoms with Gasteiger partial charge in [-0.3, -0.25) is 9.59 Å². The molecule has 1 aliphatic heterocycles. The lowest BCUT2D eigenvalue weighted by atomic mass is 10.00. The lowest BCUT2D eigenvalue weighted by Gasteiger charge is -2.10. The number of carbonyl (C=O) groups is 3. The van der Waals surface area contributed by atoms with E-state index in [0.717, 1.165) is 6.92 Å². The molecule has 2 amide bonds. The Balaban J connectivity index is 2.81. The maximum absolute atomic E-state index is 11.3. The van der Waals surface area contributed by atoms with E-state index in [0.29, 0.717) is 5.06 Å². The highest BCUT2D eigenvalue weighted by Gasteiger charge is 2.44. The standard InChI is InChI=1S/C8H11NO4/c1-4-5(2)8(12)9(7(4)11)13-6(3)10/h4-5H,1-3H3. The van der Waals surface area contributed by atoms with Crippen molar-refractivity contribution < 1.29 is 19.2 Å². The molecule has 1 heterocycles. The second kappa shape index (κ2) is 3.16. The SMILES string of the molecule is CC(=O)ON1C(=O)C(C)C(C)C1=O. The molecule has 2 unspecified atom stereocenters. The van der Waals surface area contributed by atoms with Crippen LogP contribution in [0.5, 0.6) is 0 Å². The molecule has 0 aliphatic carbocycles. The van der Waals surface area contributed by atoms with E-state index in [1.807, 2.05) is 0 Å². The van der Waals surface area contributed by atoms with E-state index in [1.54, 1.807) is 13.8 Å². The van der Waals surface area contributed by atoms with Gasteiger partial charge >= 0.3 is 5.97 Å². The average Bonchev–Trinajstić information content (AvgIpc) is 2.22. The topological polar surface area (TPSA) is 63.7 Å². The van der Waals surface area contributed by atoms with E-state index in [2.05, 4.69) is 4.84 Å². The van der Waals surface area contributed by atoms with Crippen molar-refractivity contribution in [2.24, 2.45) is 11.8 Å². The largest absolute Gasteiger partial charge is 0.331 e. The van der Waals surface area contributed by atoms with Gasteiger partial charge in [-0.2, -0.15) is 0 Å². The molecule has 0 aromatic rings. The van der Waals surface area contributed by atoms with Crippen LogP contribution in [-0.4, -0.2) is 22.8 Å². The predicted molar refractivity (Wildman–Crippen MR) is 41.9 cm³/mol. The molecule has 1 aliphatic rings. The van der Waals surface area contributed by atoms with Crippen molar-refractivity contribution in [2.75, 3.05) is 0 Å². The molecule has 5 nitrogen and oxygen atoms in total. The number of hydrogen-bond acceptors (Lipinski definition) is 4. The molecule has 0 N–H and O–H groups in total. The van der Waals surface area contributed by atoms with Crippen molar-refractivity contribution in [3.63, 3.8) is 0 Å². The van der Waals surface area contributed by atoms with Gasteiger partial charge in [0.15, 0.2) is 0 Å². The number of hydrogen-bond donors (Lipinski definition) is 0. The maximum Gasteiger partial charge on any atom is 0.330 e. The van der Waals surface area contributed by atoms with Crippen molar-refractivity contribution in [2.45, 2.75) is 20.8 Å². The Morgan fingerprint density at radius 1 is 1.23 bits per heavy atom. The second-order valence-electron chi connectivity index (χ2n) is 3.13. The minimum atomic E-state index is -0.664. The van der Waals surface area contributed by atoms with Gasteiger partial charge < -0.3 is 4.84 Å². The Morgan fingerprint density at radius 2 is 1.62 bits per heavy atom. The van der Waals surface area contributed by atoms with Crippen molar-refractivity contribution in [3.05, 3.63) is 0 Å². The Hall–Kier alpha value is -1.39. The van der Waals surface area contributed by atoms with Crippen LogP contribution >= 0.6 is 0 Å². The lowest BCUT2D eigenvalue weighted by molar-refractivity contribution is -0.196. The predicted octanol–water partition coefficient (Wildman–Crippen LogP) is 0.105. The highest BCUT2D eigenvalue weighted by molar-refractivity contribution is 6.04. The monoisotopic (exact) mass is 185 g/mol. The van der Waals surface area contributed by atoms with Gasteiger partial charge in [0.05, 0.1) is 11.8 Å². The summed E-state index contributed by atoms with van der Waals surface area (Å²) in [5, 5.41) is 0.553. The quantitative estimate of drug-likeness (QED) is 0.544. The zero-order chi connectivity index (χ0) is 10.2. The van der Waals surface area contributed by atoms with Gasteiger partial charge in [0.25, 0.3) is 11.8 Å². The summed E-state index contributed by atoms with van der Waals surface area (Å²) in [4.78, 5) is 37.6. The van der Waals surface area contributed by atoms with Crippen LogP contribution < -0.4 is 0 Å². The average molecular weight is 185 g/mol. The maximum atomic E-state index is 11.3. The highest BCUT2D eigenvalue weighted by Crippen LogP contribution is 2.25. The molecule has 1 rings (SSSR count).